The summed E-state index contributed by atoms with van der Waals surface area (Å²) in [6.07, 6.45) is 3.83. The number of alkyl halides is 3. The molecule has 7 heteroatoms. The second-order valence-electron chi connectivity index (χ2n) is 10.1. The fourth-order valence-corrected chi connectivity index (χ4v) is 5.60. The SMILES string of the molecule is CCc1ccc(C2CC(C(F)(F)F)n3ncc(C(=O)Cc4ccc(C5CCCCC5)cc4)c3N2)cc1. The summed E-state index contributed by atoms with van der Waals surface area (Å²) in [4.78, 5) is 13.2. The van der Waals surface area contributed by atoms with Crippen LogP contribution >= 0.6 is 0 Å². The first-order valence-corrected chi connectivity index (χ1v) is 12.9. The molecule has 4 nitrogen and oxygen atoms in total. The van der Waals surface area contributed by atoms with Gasteiger partial charge in [0.1, 0.15) is 5.82 Å². The van der Waals surface area contributed by atoms with E-state index >= 15 is 0 Å². The summed E-state index contributed by atoms with van der Waals surface area (Å²) in [6.45, 7) is 2.04. The minimum atomic E-state index is -4.47. The van der Waals surface area contributed by atoms with Crippen LogP contribution in [0.4, 0.5) is 19.0 Å². The number of benzene rings is 2. The molecule has 1 fully saturated rings. The fraction of sp³-hybridized carbons (Fsp3) is 0.448. The number of hydrogen-bond donors (Lipinski definition) is 1. The highest BCUT2D eigenvalue weighted by atomic mass is 19.4. The average Bonchev–Trinajstić information content (AvgIpc) is 3.33. The van der Waals surface area contributed by atoms with E-state index in [2.05, 4.69) is 22.5 Å². The molecule has 2 unspecified atom stereocenters. The Morgan fingerprint density at radius 3 is 2.25 bits per heavy atom. The van der Waals surface area contributed by atoms with Gasteiger partial charge in [0.25, 0.3) is 0 Å². The van der Waals surface area contributed by atoms with Crippen LogP contribution in [0.3, 0.4) is 0 Å². The number of halogens is 3. The van der Waals surface area contributed by atoms with E-state index in [4.69, 9.17) is 0 Å². The van der Waals surface area contributed by atoms with E-state index in [0.717, 1.165) is 27.8 Å². The molecular weight excluding hydrogens is 463 g/mol. The molecule has 2 aliphatic rings. The third kappa shape index (κ3) is 5.06. The number of nitrogens with zero attached hydrogens (tertiary/aromatic N) is 2. The van der Waals surface area contributed by atoms with E-state index in [0.29, 0.717) is 5.92 Å². The minimum absolute atomic E-state index is 0.123. The summed E-state index contributed by atoms with van der Waals surface area (Å²) in [5.41, 5.74) is 4.26. The first-order valence-electron chi connectivity index (χ1n) is 12.9. The van der Waals surface area contributed by atoms with Crippen LogP contribution in [-0.2, 0) is 12.8 Å². The number of nitrogens with one attached hydrogen (secondary N) is 1. The maximum Gasteiger partial charge on any atom is 0.410 e. The van der Waals surface area contributed by atoms with Crippen molar-refractivity contribution in [1.82, 2.24) is 9.78 Å². The van der Waals surface area contributed by atoms with Crippen molar-refractivity contribution in [3.05, 3.63) is 82.5 Å². The van der Waals surface area contributed by atoms with E-state index in [1.54, 1.807) is 0 Å². The number of aryl methyl sites for hydroxylation is 1. The number of ketones is 1. The summed E-state index contributed by atoms with van der Waals surface area (Å²) >= 11 is 0. The molecule has 1 aromatic heterocycles. The van der Waals surface area contributed by atoms with Gasteiger partial charge < -0.3 is 5.32 Å². The number of carbonyl (C=O) groups is 1. The van der Waals surface area contributed by atoms with E-state index in [9.17, 15) is 18.0 Å². The predicted octanol–water partition coefficient (Wildman–Crippen LogP) is 7.58. The predicted molar refractivity (Wildman–Crippen MR) is 134 cm³/mol. The van der Waals surface area contributed by atoms with Crippen LogP contribution in [-0.4, -0.2) is 21.7 Å². The average molecular weight is 496 g/mol. The molecular formula is C29H32F3N3O. The Morgan fingerprint density at radius 2 is 1.61 bits per heavy atom. The molecule has 2 atom stereocenters. The molecule has 5 rings (SSSR count). The van der Waals surface area contributed by atoms with Crippen LogP contribution in [0.15, 0.2) is 54.7 Å². The van der Waals surface area contributed by atoms with Crippen molar-refractivity contribution in [1.29, 1.82) is 0 Å². The maximum absolute atomic E-state index is 14.0. The number of Topliss-reactive ketones (excluding diaryl/α,β-unsaturated/α-hetero) is 1. The van der Waals surface area contributed by atoms with E-state index < -0.39 is 18.3 Å². The van der Waals surface area contributed by atoms with Crippen LogP contribution in [0.2, 0.25) is 0 Å². The van der Waals surface area contributed by atoms with Gasteiger partial charge in [0.05, 0.1) is 17.8 Å². The lowest BCUT2D eigenvalue weighted by Gasteiger charge is -2.34. The van der Waals surface area contributed by atoms with Crippen LogP contribution in [0.5, 0.6) is 0 Å². The van der Waals surface area contributed by atoms with Gasteiger partial charge in [-0.05, 0) is 47.4 Å². The van der Waals surface area contributed by atoms with Gasteiger partial charge in [-0.1, -0.05) is 74.7 Å². The van der Waals surface area contributed by atoms with Crippen molar-refractivity contribution in [2.45, 2.75) is 82.5 Å². The van der Waals surface area contributed by atoms with Gasteiger partial charge in [-0.3, -0.25) is 4.79 Å². The largest absolute Gasteiger partial charge is 0.410 e. The zero-order valence-electron chi connectivity index (χ0n) is 20.5. The summed E-state index contributed by atoms with van der Waals surface area (Å²) in [5, 5.41) is 7.21. The highest BCUT2D eigenvalue weighted by Gasteiger charge is 2.47. The molecule has 36 heavy (non-hydrogen) atoms. The molecule has 0 amide bonds. The van der Waals surface area contributed by atoms with Crippen molar-refractivity contribution in [2.24, 2.45) is 0 Å². The first kappa shape index (κ1) is 24.6. The smallest absolute Gasteiger partial charge is 0.363 e. The van der Waals surface area contributed by atoms with Crippen molar-refractivity contribution < 1.29 is 18.0 Å². The fourth-order valence-electron chi connectivity index (χ4n) is 5.60. The number of carbonyl (C=O) groups excluding carboxylic acids is 1. The molecule has 1 aliphatic carbocycles. The second-order valence-corrected chi connectivity index (χ2v) is 10.1. The Hall–Kier alpha value is -3.09. The van der Waals surface area contributed by atoms with Crippen LogP contribution in [0.25, 0.3) is 0 Å². The van der Waals surface area contributed by atoms with Gasteiger partial charge in [0, 0.05) is 12.8 Å². The second kappa shape index (κ2) is 10.1. The molecule has 2 heterocycles. The molecule has 1 saturated carbocycles. The molecule has 1 aliphatic heterocycles. The Morgan fingerprint density at radius 1 is 0.972 bits per heavy atom. The van der Waals surface area contributed by atoms with Gasteiger partial charge in [0.2, 0.25) is 0 Å². The quantitative estimate of drug-likeness (QED) is 0.359. The van der Waals surface area contributed by atoms with Crippen molar-refractivity contribution in [3.63, 3.8) is 0 Å². The lowest BCUT2D eigenvalue weighted by molar-refractivity contribution is -0.173. The van der Waals surface area contributed by atoms with Gasteiger partial charge >= 0.3 is 6.18 Å². The number of fused-ring (bicyclic) bond motifs is 1. The molecule has 1 N–H and O–H groups in total. The van der Waals surface area contributed by atoms with Gasteiger partial charge in [-0.2, -0.15) is 18.3 Å². The molecule has 0 bridgehead atoms. The molecule has 3 aromatic rings. The Kier molecular flexibility index (Phi) is 6.91. The van der Waals surface area contributed by atoms with Crippen molar-refractivity contribution >= 4 is 11.6 Å². The Bertz CT molecular complexity index is 1190. The number of rotatable bonds is 6. The summed E-state index contributed by atoms with van der Waals surface area (Å²) < 4.78 is 42.9. The summed E-state index contributed by atoms with van der Waals surface area (Å²) in [5.74, 6) is 0.493. The highest BCUT2D eigenvalue weighted by molar-refractivity contribution is 6.01. The molecule has 190 valence electrons. The molecule has 0 spiro atoms. The zero-order valence-corrected chi connectivity index (χ0v) is 20.5. The van der Waals surface area contributed by atoms with E-state index in [-0.39, 0.29) is 30.0 Å². The van der Waals surface area contributed by atoms with E-state index in [1.165, 1.54) is 43.9 Å². The molecule has 0 radical (unpaired) electrons. The van der Waals surface area contributed by atoms with Crippen LogP contribution in [0, 0.1) is 0 Å². The normalized spacial score (nSPS) is 20.6. The standard InChI is InChI=1S/C29H32F3N3O/c1-2-19-8-14-23(15-9-19)25-17-27(29(30,31)32)35-28(34-25)24(18-33-35)26(36)16-20-10-12-22(13-11-20)21-6-4-3-5-7-21/h8-15,18,21,25,27,34H,2-7,16-17H2,1H3. The maximum atomic E-state index is 14.0. The monoisotopic (exact) mass is 495 g/mol. The number of anilines is 1. The Labute approximate surface area is 209 Å². The number of aromatic nitrogens is 2. The zero-order chi connectivity index (χ0) is 25.3. The van der Waals surface area contributed by atoms with Crippen LogP contribution < -0.4 is 5.32 Å². The van der Waals surface area contributed by atoms with Gasteiger partial charge in [-0.15, -0.1) is 0 Å². The number of hydrogen-bond acceptors (Lipinski definition) is 3. The molecule has 0 saturated heterocycles. The van der Waals surface area contributed by atoms with Gasteiger partial charge in [0.15, 0.2) is 11.8 Å². The Balaban J connectivity index is 1.37. The third-order valence-corrected chi connectivity index (χ3v) is 7.75. The molecule has 2 aromatic carbocycles. The van der Waals surface area contributed by atoms with Gasteiger partial charge in [-0.25, -0.2) is 4.68 Å². The topological polar surface area (TPSA) is 46.9 Å². The summed E-state index contributed by atoms with van der Waals surface area (Å²) in [7, 11) is 0. The van der Waals surface area contributed by atoms with Crippen molar-refractivity contribution in [3.8, 4) is 0 Å². The first-order chi connectivity index (χ1) is 17.3. The lowest BCUT2D eigenvalue weighted by atomic mass is 9.84. The summed E-state index contributed by atoms with van der Waals surface area (Å²) in [6, 6.07) is 13.4. The third-order valence-electron chi connectivity index (χ3n) is 7.75. The van der Waals surface area contributed by atoms with Crippen LogP contribution in [0.1, 0.15) is 96.1 Å². The van der Waals surface area contributed by atoms with E-state index in [1.807, 2.05) is 43.3 Å². The minimum Gasteiger partial charge on any atom is -0.363 e. The lowest BCUT2D eigenvalue weighted by Crippen LogP contribution is -2.36. The highest BCUT2D eigenvalue weighted by Crippen LogP contribution is 2.44. The van der Waals surface area contributed by atoms with Crippen molar-refractivity contribution in [2.75, 3.05) is 5.32 Å².